The van der Waals surface area contributed by atoms with Gasteiger partial charge in [-0.15, -0.1) is 0 Å². The maximum Gasteiger partial charge on any atom is 0.335 e. The molecule has 3 aromatic carbocycles. The minimum Gasteiger partial charge on any atom is -0.497 e. The van der Waals surface area contributed by atoms with Crippen LogP contribution >= 0.6 is 23.2 Å². The van der Waals surface area contributed by atoms with Crippen molar-refractivity contribution < 1.29 is 28.7 Å². The van der Waals surface area contributed by atoms with Crippen molar-refractivity contribution in [1.82, 2.24) is 5.32 Å². The van der Waals surface area contributed by atoms with Gasteiger partial charge < -0.3 is 14.8 Å². The number of carbonyl (C=O) groups is 4. The normalized spacial score (nSPS) is 14.4. The van der Waals surface area contributed by atoms with Gasteiger partial charge in [0.1, 0.15) is 17.1 Å². The lowest BCUT2D eigenvalue weighted by Crippen LogP contribution is -2.54. The Labute approximate surface area is 227 Å². The molecule has 1 heterocycles. The Morgan fingerprint density at radius 1 is 1.00 bits per heavy atom. The molecular weight excluding hydrogens is 533 g/mol. The maximum absolute atomic E-state index is 13.3. The number of barbiturate groups is 1. The average molecular weight is 554 g/mol. The summed E-state index contributed by atoms with van der Waals surface area (Å²) in [6.07, 6.45) is 1.25. The first-order valence-electron chi connectivity index (χ1n) is 11.2. The van der Waals surface area contributed by atoms with E-state index in [1.807, 2.05) is 0 Å². The molecular formula is C27H21Cl2N3O6. The molecule has 0 aliphatic carbocycles. The van der Waals surface area contributed by atoms with Gasteiger partial charge in [0.05, 0.1) is 12.8 Å². The Morgan fingerprint density at radius 2 is 1.68 bits per heavy atom. The van der Waals surface area contributed by atoms with E-state index in [1.165, 1.54) is 30.3 Å². The molecule has 9 nitrogen and oxygen atoms in total. The largest absolute Gasteiger partial charge is 0.497 e. The van der Waals surface area contributed by atoms with E-state index in [0.29, 0.717) is 27.0 Å². The summed E-state index contributed by atoms with van der Waals surface area (Å²) < 4.78 is 10.8. The van der Waals surface area contributed by atoms with E-state index >= 15 is 0 Å². The van der Waals surface area contributed by atoms with Crippen LogP contribution in [0, 0.1) is 6.92 Å². The Balaban J connectivity index is 1.58. The molecule has 1 fully saturated rings. The molecule has 2 N–H and O–H groups in total. The molecule has 38 heavy (non-hydrogen) atoms. The molecule has 194 valence electrons. The smallest absolute Gasteiger partial charge is 0.335 e. The second kappa shape index (κ2) is 11.4. The number of halogens is 2. The van der Waals surface area contributed by atoms with E-state index in [1.54, 1.807) is 50.4 Å². The van der Waals surface area contributed by atoms with E-state index in [2.05, 4.69) is 10.6 Å². The van der Waals surface area contributed by atoms with E-state index in [4.69, 9.17) is 32.7 Å². The third-order valence-corrected chi connectivity index (χ3v) is 5.99. The molecule has 1 aliphatic rings. The lowest BCUT2D eigenvalue weighted by Gasteiger charge is -2.27. The quantitative estimate of drug-likeness (QED) is 0.314. The highest BCUT2D eigenvalue weighted by atomic mass is 35.5. The fraction of sp³-hybridized carbons (Fsp3) is 0.111. The first kappa shape index (κ1) is 26.7. The van der Waals surface area contributed by atoms with Crippen molar-refractivity contribution in [2.45, 2.75) is 6.92 Å². The van der Waals surface area contributed by atoms with Gasteiger partial charge in [0.15, 0.2) is 6.61 Å². The van der Waals surface area contributed by atoms with Crippen molar-refractivity contribution in [1.29, 1.82) is 0 Å². The summed E-state index contributed by atoms with van der Waals surface area (Å²) in [5.41, 5.74) is 1.30. The number of urea groups is 1. The Hall–Kier alpha value is -4.34. The topological polar surface area (TPSA) is 114 Å². The SMILES string of the molecule is COc1ccc(NC(=O)COc2ccc(Cl)cc2/C=C2\C(=O)NC(=O)N(c3cc(Cl)ccc3C)C2=O)cc1. The summed E-state index contributed by atoms with van der Waals surface area (Å²) in [5.74, 6) is -1.35. The highest BCUT2D eigenvalue weighted by molar-refractivity contribution is 6.40. The highest BCUT2D eigenvalue weighted by Crippen LogP contribution is 2.30. The van der Waals surface area contributed by atoms with Crippen LogP contribution in [0.2, 0.25) is 10.0 Å². The molecule has 0 unspecified atom stereocenters. The lowest BCUT2D eigenvalue weighted by molar-refractivity contribution is -0.122. The van der Waals surface area contributed by atoms with Crippen molar-refractivity contribution in [3.05, 3.63) is 87.4 Å². The zero-order valence-electron chi connectivity index (χ0n) is 20.2. The van der Waals surface area contributed by atoms with E-state index in [9.17, 15) is 19.2 Å². The van der Waals surface area contributed by atoms with Crippen LogP contribution in [0.5, 0.6) is 11.5 Å². The van der Waals surface area contributed by atoms with Gasteiger partial charge in [0, 0.05) is 21.3 Å². The third kappa shape index (κ3) is 5.96. The van der Waals surface area contributed by atoms with Gasteiger partial charge in [-0.1, -0.05) is 29.3 Å². The molecule has 0 aromatic heterocycles. The number of carbonyl (C=O) groups excluding carboxylic acids is 4. The number of rotatable bonds is 7. The minimum absolute atomic E-state index is 0.190. The Morgan fingerprint density at radius 3 is 2.39 bits per heavy atom. The van der Waals surface area contributed by atoms with Gasteiger partial charge in [-0.05, 0) is 73.2 Å². The zero-order chi connectivity index (χ0) is 27.4. The van der Waals surface area contributed by atoms with Gasteiger partial charge in [0.2, 0.25) is 0 Å². The van der Waals surface area contributed by atoms with Crippen molar-refractivity contribution in [3.63, 3.8) is 0 Å². The molecule has 1 aliphatic heterocycles. The standard InChI is InChI=1S/C27H21Cl2N3O6/c1-15-3-4-18(29)13-22(15)32-26(35)21(25(34)31-27(32)36)12-16-11-17(28)5-10-23(16)38-14-24(33)30-19-6-8-20(37-2)9-7-19/h3-13H,14H2,1-2H3,(H,30,33)(H,31,34,36)/b21-12+. The summed E-state index contributed by atoms with van der Waals surface area (Å²) >= 11 is 12.2. The number of imide groups is 2. The predicted octanol–water partition coefficient (Wildman–Crippen LogP) is 4.99. The number of aryl methyl sites for hydroxylation is 1. The molecule has 0 spiro atoms. The monoisotopic (exact) mass is 553 g/mol. The van der Waals surface area contributed by atoms with Gasteiger partial charge >= 0.3 is 6.03 Å². The highest BCUT2D eigenvalue weighted by Gasteiger charge is 2.37. The fourth-order valence-corrected chi connectivity index (χ4v) is 3.98. The van der Waals surface area contributed by atoms with Crippen molar-refractivity contribution in [2.24, 2.45) is 0 Å². The zero-order valence-corrected chi connectivity index (χ0v) is 21.7. The molecule has 1 saturated heterocycles. The summed E-state index contributed by atoms with van der Waals surface area (Å²) in [4.78, 5) is 51.8. The molecule has 0 saturated carbocycles. The molecule has 11 heteroatoms. The van der Waals surface area contributed by atoms with Crippen LogP contribution in [-0.4, -0.2) is 37.5 Å². The number of nitrogens with one attached hydrogen (secondary N) is 2. The van der Waals surface area contributed by atoms with E-state index in [0.717, 1.165) is 4.90 Å². The number of methoxy groups -OCH3 is 1. The number of nitrogens with zero attached hydrogens (tertiary/aromatic N) is 1. The van der Waals surface area contributed by atoms with Gasteiger partial charge in [-0.25, -0.2) is 9.69 Å². The summed E-state index contributed by atoms with van der Waals surface area (Å²) in [6, 6.07) is 15.1. The fourth-order valence-electron chi connectivity index (χ4n) is 3.63. The first-order valence-corrected chi connectivity index (χ1v) is 12.0. The number of hydrogen-bond acceptors (Lipinski definition) is 6. The van der Waals surface area contributed by atoms with E-state index < -0.39 is 23.8 Å². The molecule has 3 aromatic rings. The molecule has 5 amide bonds. The maximum atomic E-state index is 13.3. The Bertz CT molecular complexity index is 1470. The average Bonchev–Trinajstić information content (AvgIpc) is 2.88. The van der Waals surface area contributed by atoms with Crippen LogP contribution < -0.4 is 25.0 Å². The Kier molecular flexibility index (Phi) is 7.99. The number of benzene rings is 3. The predicted molar refractivity (Wildman–Crippen MR) is 144 cm³/mol. The summed E-state index contributed by atoms with van der Waals surface area (Å²) in [7, 11) is 1.54. The number of amides is 5. The van der Waals surface area contributed by atoms with Crippen LogP contribution in [0.3, 0.4) is 0 Å². The van der Waals surface area contributed by atoms with Crippen LogP contribution in [0.4, 0.5) is 16.2 Å². The van der Waals surface area contributed by atoms with Crippen LogP contribution in [0.15, 0.2) is 66.2 Å². The van der Waals surface area contributed by atoms with E-state index in [-0.39, 0.29) is 29.2 Å². The third-order valence-electron chi connectivity index (χ3n) is 5.52. The van der Waals surface area contributed by atoms with Gasteiger partial charge in [0.25, 0.3) is 17.7 Å². The van der Waals surface area contributed by atoms with Crippen LogP contribution in [0.1, 0.15) is 11.1 Å². The van der Waals surface area contributed by atoms with Crippen molar-refractivity contribution >= 4 is 64.4 Å². The number of hydrogen-bond donors (Lipinski definition) is 2. The minimum atomic E-state index is -0.903. The van der Waals surface area contributed by atoms with Gasteiger partial charge in [-0.2, -0.15) is 0 Å². The van der Waals surface area contributed by atoms with Crippen molar-refractivity contribution in [2.75, 3.05) is 23.9 Å². The van der Waals surface area contributed by atoms with Crippen molar-refractivity contribution in [3.8, 4) is 11.5 Å². The summed E-state index contributed by atoms with van der Waals surface area (Å²) in [6.45, 7) is 1.34. The number of ether oxygens (including phenoxy) is 2. The summed E-state index contributed by atoms with van der Waals surface area (Å²) in [5, 5.41) is 5.47. The van der Waals surface area contributed by atoms with Crippen LogP contribution in [0.25, 0.3) is 6.08 Å². The first-order chi connectivity index (χ1) is 18.2. The molecule has 4 rings (SSSR count). The van der Waals surface area contributed by atoms with Gasteiger partial charge in [-0.3, -0.25) is 19.7 Å². The molecule has 0 radical (unpaired) electrons. The molecule has 0 bridgehead atoms. The number of anilines is 2. The second-order valence-electron chi connectivity index (χ2n) is 8.14. The van der Waals surface area contributed by atoms with Crippen LogP contribution in [-0.2, 0) is 14.4 Å². The second-order valence-corrected chi connectivity index (χ2v) is 9.01. The molecule has 0 atom stereocenters. The lowest BCUT2D eigenvalue weighted by atomic mass is 10.0.